The summed E-state index contributed by atoms with van der Waals surface area (Å²) in [6, 6.07) is 1.98. The molecule has 3 rings (SSSR count). The molecule has 0 amide bonds. The topological polar surface area (TPSA) is 38.7 Å². The molecule has 3 nitrogen and oxygen atoms in total. The highest BCUT2D eigenvalue weighted by Crippen LogP contribution is 2.45. The van der Waals surface area contributed by atoms with Crippen LogP contribution in [0, 0.1) is 0 Å². The number of ether oxygens (including phenoxy) is 2. The van der Waals surface area contributed by atoms with Crippen LogP contribution in [-0.4, -0.2) is 23.9 Å². The van der Waals surface area contributed by atoms with E-state index in [2.05, 4.69) is 6.92 Å². The van der Waals surface area contributed by atoms with Crippen LogP contribution in [-0.2, 0) is 12.8 Å². The second-order valence-electron chi connectivity index (χ2n) is 5.11. The zero-order valence-electron chi connectivity index (χ0n) is 10.5. The first kappa shape index (κ1) is 12.1. The van der Waals surface area contributed by atoms with Crippen molar-refractivity contribution in [1.82, 2.24) is 0 Å². The molecule has 0 spiro atoms. The van der Waals surface area contributed by atoms with Crippen molar-refractivity contribution in [1.29, 1.82) is 0 Å². The van der Waals surface area contributed by atoms with Gasteiger partial charge in [0.25, 0.3) is 0 Å². The maximum atomic E-state index is 10.1. The van der Waals surface area contributed by atoms with Crippen molar-refractivity contribution in [2.24, 2.45) is 0 Å². The van der Waals surface area contributed by atoms with Gasteiger partial charge in [0.1, 0.15) is 13.2 Å². The third-order valence-electron chi connectivity index (χ3n) is 3.67. The number of benzene rings is 1. The molecule has 1 N–H and O–H groups in total. The van der Waals surface area contributed by atoms with Crippen LogP contribution < -0.4 is 9.47 Å². The lowest BCUT2D eigenvalue weighted by Gasteiger charge is -2.23. The largest absolute Gasteiger partial charge is 0.486 e. The molecule has 98 valence electrons. The number of hydrogen-bond acceptors (Lipinski definition) is 3. The van der Waals surface area contributed by atoms with Crippen LogP contribution in [0.15, 0.2) is 6.07 Å². The highest BCUT2D eigenvalue weighted by atomic mass is 35.5. The van der Waals surface area contributed by atoms with E-state index >= 15 is 0 Å². The van der Waals surface area contributed by atoms with Gasteiger partial charge in [-0.2, -0.15) is 0 Å². The fourth-order valence-corrected chi connectivity index (χ4v) is 2.85. The molecule has 0 atom stereocenters. The van der Waals surface area contributed by atoms with Gasteiger partial charge in [-0.05, 0) is 36.5 Å². The molecule has 1 aromatic carbocycles. The summed E-state index contributed by atoms with van der Waals surface area (Å²) >= 11 is 6.39. The number of rotatable bonds is 3. The molecule has 1 aromatic rings. The third kappa shape index (κ3) is 2.06. The first-order chi connectivity index (χ1) is 8.63. The van der Waals surface area contributed by atoms with Gasteiger partial charge in [-0.1, -0.05) is 18.5 Å². The molecule has 1 saturated carbocycles. The van der Waals surface area contributed by atoms with Crippen LogP contribution in [0.4, 0.5) is 0 Å². The zero-order chi connectivity index (χ0) is 12.8. The predicted molar refractivity (Wildman–Crippen MR) is 69.7 cm³/mol. The lowest BCUT2D eigenvalue weighted by molar-refractivity contribution is 0.149. The minimum absolute atomic E-state index is 0.517. The van der Waals surface area contributed by atoms with Gasteiger partial charge in [0, 0.05) is 6.42 Å². The summed E-state index contributed by atoms with van der Waals surface area (Å²) in [4.78, 5) is 0. The molecular formula is C14H17ClO3. The van der Waals surface area contributed by atoms with Crippen molar-refractivity contribution in [3.8, 4) is 11.5 Å². The highest BCUT2D eigenvalue weighted by Gasteiger charge is 2.41. The average molecular weight is 269 g/mol. The van der Waals surface area contributed by atoms with Crippen molar-refractivity contribution in [3.63, 3.8) is 0 Å². The fraction of sp³-hybridized carbons (Fsp3) is 0.571. The van der Waals surface area contributed by atoms with Crippen molar-refractivity contribution in [3.05, 3.63) is 22.2 Å². The standard InChI is InChI=1S/C14H17ClO3/c1-2-10-9(8-14(16)3-4-14)7-11-13(12(10)15)18-6-5-17-11/h7,16H,2-6,8H2,1H3. The molecular weight excluding hydrogens is 252 g/mol. The maximum Gasteiger partial charge on any atom is 0.180 e. The lowest BCUT2D eigenvalue weighted by atomic mass is 9.97. The van der Waals surface area contributed by atoms with E-state index in [-0.39, 0.29) is 0 Å². The van der Waals surface area contributed by atoms with Crippen LogP contribution in [0.3, 0.4) is 0 Å². The normalized spacial score (nSPS) is 19.7. The molecule has 1 fully saturated rings. The Labute approximate surface area is 112 Å². The summed E-state index contributed by atoms with van der Waals surface area (Å²) in [5.74, 6) is 1.37. The molecule has 1 aliphatic heterocycles. The summed E-state index contributed by atoms with van der Waals surface area (Å²) in [7, 11) is 0. The van der Waals surface area contributed by atoms with E-state index in [1.807, 2.05) is 6.07 Å². The molecule has 0 unspecified atom stereocenters. The summed E-state index contributed by atoms with van der Waals surface area (Å²) in [5, 5.41) is 10.7. The number of fused-ring (bicyclic) bond motifs is 1. The Hall–Kier alpha value is -0.930. The van der Waals surface area contributed by atoms with Crippen LogP contribution in [0.2, 0.25) is 5.02 Å². The molecule has 0 radical (unpaired) electrons. The Balaban J connectivity index is 2.03. The molecule has 0 saturated heterocycles. The summed E-state index contributed by atoms with van der Waals surface area (Å²) in [6.45, 7) is 3.16. The average Bonchev–Trinajstić information content (AvgIpc) is 3.07. The van der Waals surface area contributed by atoms with Crippen molar-refractivity contribution in [2.75, 3.05) is 13.2 Å². The molecule has 4 heteroatoms. The van der Waals surface area contributed by atoms with Gasteiger partial charge in [0.2, 0.25) is 0 Å². The molecule has 0 aromatic heterocycles. The Bertz CT molecular complexity index is 480. The van der Waals surface area contributed by atoms with Crippen LogP contribution in [0.25, 0.3) is 0 Å². The van der Waals surface area contributed by atoms with Crippen molar-refractivity contribution >= 4 is 11.6 Å². The van der Waals surface area contributed by atoms with E-state index in [0.29, 0.717) is 36.2 Å². The monoisotopic (exact) mass is 268 g/mol. The Kier molecular flexibility index (Phi) is 2.91. The van der Waals surface area contributed by atoms with Gasteiger partial charge in [-0.15, -0.1) is 0 Å². The quantitative estimate of drug-likeness (QED) is 0.916. The van der Waals surface area contributed by atoms with Gasteiger partial charge in [0.15, 0.2) is 11.5 Å². The number of halogens is 1. The van der Waals surface area contributed by atoms with E-state index in [4.69, 9.17) is 21.1 Å². The van der Waals surface area contributed by atoms with Gasteiger partial charge in [0.05, 0.1) is 10.6 Å². The molecule has 2 aliphatic rings. The molecule has 1 heterocycles. The Morgan fingerprint density at radius 3 is 2.72 bits per heavy atom. The van der Waals surface area contributed by atoms with Crippen molar-refractivity contribution in [2.45, 2.75) is 38.2 Å². The minimum atomic E-state index is -0.517. The maximum absolute atomic E-state index is 10.1. The molecule has 18 heavy (non-hydrogen) atoms. The predicted octanol–water partition coefficient (Wildman–Crippen LogP) is 2.74. The lowest BCUT2D eigenvalue weighted by Crippen LogP contribution is -2.18. The van der Waals surface area contributed by atoms with E-state index < -0.39 is 5.60 Å². The van der Waals surface area contributed by atoms with E-state index in [9.17, 15) is 5.11 Å². The Morgan fingerprint density at radius 2 is 2.06 bits per heavy atom. The number of hydrogen-bond donors (Lipinski definition) is 1. The van der Waals surface area contributed by atoms with E-state index in [1.54, 1.807) is 0 Å². The second kappa shape index (κ2) is 4.32. The van der Waals surface area contributed by atoms with Gasteiger partial charge in [-0.25, -0.2) is 0 Å². The van der Waals surface area contributed by atoms with Gasteiger partial charge >= 0.3 is 0 Å². The van der Waals surface area contributed by atoms with Crippen LogP contribution >= 0.6 is 11.6 Å². The zero-order valence-corrected chi connectivity index (χ0v) is 11.2. The van der Waals surface area contributed by atoms with Gasteiger partial charge in [-0.3, -0.25) is 0 Å². The first-order valence-corrected chi connectivity index (χ1v) is 6.83. The highest BCUT2D eigenvalue weighted by molar-refractivity contribution is 6.33. The van der Waals surface area contributed by atoms with Crippen LogP contribution in [0.1, 0.15) is 30.9 Å². The molecule has 1 aliphatic carbocycles. The van der Waals surface area contributed by atoms with Crippen molar-refractivity contribution < 1.29 is 14.6 Å². The minimum Gasteiger partial charge on any atom is -0.486 e. The van der Waals surface area contributed by atoms with Crippen LogP contribution in [0.5, 0.6) is 11.5 Å². The summed E-state index contributed by atoms with van der Waals surface area (Å²) in [6.07, 6.45) is 3.25. The third-order valence-corrected chi connectivity index (χ3v) is 4.07. The van der Waals surface area contributed by atoms with E-state index in [0.717, 1.165) is 30.4 Å². The van der Waals surface area contributed by atoms with Gasteiger partial charge < -0.3 is 14.6 Å². The summed E-state index contributed by atoms with van der Waals surface area (Å²) < 4.78 is 11.2. The number of aliphatic hydroxyl groups is 1. The SMILES string of the molecule is CCc1c(CC2(O)CC2)cc2c(c1Cl)OCCO2. The Morgan fingerprint density at radius 1 is 1.33 bits per heavy atom. The first-order valence-electron chi connectivity index (χ1n) is 6.45. The molecule has 0 bridgehead atoms. The summed E-state index contributed by atoms with van der Waals surface area (Å²) in [5.41, 5.74) is 1.64. The van der Waals surface area contributed by atoms with E-state index in [1.165, 1.54) is 0 Å². The smallest absolute Gasteiger partial charge is 0.180 e. The second-order valence-corrected chi connectivity index (χ2v) is 5.49. The fourth-order valence-electron chi connectivity index (χ4n) is 2.45.